The van der Waals surface area contributed by atoms with Crippen molar-refractivity contribution >= 4 is 5.78 Å². The molecule has 2 aromatic carbocycles. The van der Waals surface area contributed by atoms with Gasteiger partial charge in [-0.2, -0.15) is 0 Å². The van der Waals surface area contributed by atoms with Crippen molar-refractivity contribution in [1.29, 1.82) is 0 Å². The number of carbonyl (C=O) groups excluding carboxylic acids is 1. The molecule has 3 atom stereocenters. The Balaban J connectivity index is 0.00000264. The molecule has 0 amide bonds. The van der Waals surface area contributed by atoms with E-state index in [1.165, 1.54) is 0 Å². The smallest absolute Gasteiger partial charge is 0.142 e. The van der Waals surface area contributed by atoms with Gasteiger partial charge in [-0.1, -0.05) is 60.7 Å². The number of carbonyl (C=O) groups is 1. The molecule has 3 unspecified atom stereocenters. The van der Waals surface area contributed by atoms with E-state index in [1.807, 2.05) is 67.6 Å². The molecule has 4 heteroatoms. The molecule has 0 spiro atoms. The van der Waals surface area contributed by atoms with Crippen LogP contribution in [0, 0.1) is 0 Å². The fourth-order valence-electron chi connectivity index (χ4n) is 2.66. The van der Waals surface area contributed by atoms with Crippen molar-refractivity contribution in [3.05, 3.63) is 71.8 Å². The first kappa shape index (κ1) is 19.4. The van der Waals surface area contributed by atoms with Crippen LogP contribution in [0.5, 0.6) is 0 Å². The Labute approximate surface area is 144 Å². The molecule has 0 radical (unpaired) electrons. The highest BCUT2D eigenvalue weighted by Crippen LogP contribution is 2.16. The zero-order chi connectivity index (χ0) is 15.9. The molecule has 124 valence electrons. The largest absolute Gasteiger partial charge is 1.00 e. The van der Waals surface area contributed by atoms with Gasteiger partial charge in [-0.25, -0.2) is 0 Å². The normalized spacial score (nSPS) is 14.4. The van der Waals surface area contributed by atoms with E-state index in [2.05, 4.69) is 5.32 Å². The van der Waals surface area contributed by atoms with Crippen molar-refractivity contribution < 1.29 is 27.6 Å². The first-order valence-electron chi connectivity index (χ1n) is 7.71. The van der Waals surface area contributed by atoms with Crippen molar-refractivity contribution in [2.24, 2.45) is 0 Å². The molecule has 0 bridgehead atoms. The second kappa shape index (κ2) is 9.46. The van der Waals surface area contributed by atoms with E-state index in [0.29, 0.717) is 6.54 Å². The Bertz CT molecular complexity index is 589. The minimum Gasteiger partial charge on any atom is -1.00 e. The van der Waals surface area contributed by atoms with Crippen molar-refractivity contribution in [1.82, 2.24) is 0 Å². The van der Waals surface area contributed by atoms with Crippen molar-refractivity contribution in [2.75, 3.05) is 6.54 Å². The lowest BCUT2D eigenvalue weighted by molar-refractivity contribution is -0.695. The maximum absolute atomic E-state index is 11.9. The molecule has 0 fully saturated rings. The minimum absolute atomic E-state index is 0. The number of hydrogen-bond acceptors (Lipinski definition) is 2. The molecular formula is C19H24ClNO2. The fourth-order valence-corrected chi connectivity index (χ4v) is 2.66. The van der Waals surface area contributed by atoms with Gasteiger partial charge in [-0.15, -0.1) is 0 Å². The van der Waals surface area contributed by atoms with Crippen LogP contribution in [-0.2, 0) is 4.79 Å². The third-order valence-electron chi connectivity index (χ3n) is 4.08. The van der Waals surface area contributed by atoms with Gasteiger partial charge in [0.2, 0.25) is 0 Å². The van der Waals surface area contributed by atoms with Gasteiger partial charge >= 0.3 is 0 Å². The highest BCUT2D eigenvalue weighted by atomic mass is 35.5. The predicted octanol–water partition coefficient (Wildman–Crippen LogP) is -0.951. The Morgan fingerprint density at radius 1 is 1.00 bits per heavy atom. The van der Waals surface area contributed by atoms with Gasteiger partial charge in [-0.05, 0) is 25.0 Å². The van der Waals surface area contributed by atoms with Crippen LogP contribution in [0.15, 0.2) is 60.7 Å². The van der Waals surface area contributed by atoms with E-state index >= 15 is 0 Å². The minimum atomic E-state index is -0.537. The molecule has 23 heavy (non-hydrogen) atoms. The molecule has 2 aromatic rings. The number of benzene rings is 2. The van der Waals surface area contributed by atoms with Gasteiger partial charge in [-0.3, -0.25) is 4.79 Å². The van der Waals surface area contributed by atoms with Crippen LogP contribution in [0.3, 0.4) is 0 Å². The first-order valence-corrected chi connectivity index (χ1v) is 7.71. The van der Waals surface area contributed by atoms with Gasteiger partial charge in [0.05, 0.1) is 12.5 Å². The van der Waals surface area contributed by atoms with E-state index in [4.69, 9.17) is 0 Å². The van der Waals surface area contributed by atoms with Crippen molar-refractivity contribution in [2.45, 2.75) is 31.9 Å². The zero-order valence-electron chi connectivity index (χ0n) is 13.5. The topological polar surface area (TPSA) is 53.9 Å². The Morgan fingerprint density at radius 2 is 1.48 bits per heavy atom. The SMILES string of the molecule is CC(=O)C(C[NH2+]C(C)C(O)c1ccccc1)c1ccccc1.[Cl-]. The number of aliphatic hydroxyl groups excluding tert-OH is 1. The second-order valence-electron chi connectivity index (χ2n) is 5.76. The molecule has 0 saturated carbocycles. The fraction of sp³-hybridized carbons (Fsp3) is 0.316. The van der Waals surface area contributed by atoms with Gasteiger partial charge in [0.1, 0.15) is 17.9 Å². The third kappa shape index (κ3) is 5.47. The summed E-state index contributed by atoms with van der Waals surface area (Å²) in [5.74, 6) is 0.0236. The molecule has 3 nitrogen and oxygen atoms in total. The lowest BCUT2D eigenvalue weighted by atomic mass is 9.94. The van der Waals surface area contributed by atoms with Gasteiger partial charge in [0.15, 0.2) is 0 Å². The highest BCUT2D eigenvalue weighted by Gasteiger charge is 2.23. The summed E-state index contributed by atoms with van der Waals surface area (Å²) in [4.78, 5) is 11.9. The van der Waals surface area contributed by atoms with Crippen LogP contribution < -0.4 is 17.7 Å². The summed E-state index contributed by atoms with van der Waals surface area (Å²) in [5, 5.41) is 12.4. The summed E-state index contributed by atoms with van der Waals surface area (Å²) in [5.41, 5.74) is 1.94. The number of ketones is 1. The molecule has 0 aliphatic carbocycles. The van der Waals surface area contributed by atoms with E-state index in [0.717, 1.165) is 11.1 Å². The van der Waals surface area contributed by atoms with E-state index in [1.54, 1.807) is 6.92 Å². The monoisotopic (exact) mass is 333 g/mol. The van der Waals surface area contributed by atoms with Crippen LogP contribution in [0.4, 0.5) is 0 Å². The molecule has 0 aliphatic rings. The van der Waals surface area contributed by atoms with Gasteiger partial charge in [0, 0.05) is 0 Å². The molecule has 0 aromatic heterocycles. The molecule has 0 saturated heterocycles. The molecule has 0 heterocycles. The number of halogens is 1. The van der Waals surface area contributed by atoms with Crippen molar-refractivity contribution in [3.8, 4) is 0 Å². The lowest BCUT2D eigenvalue weighted by Crippen LogP contribution is -3.00. The average molecular weight is 334 g/mol. The van der Waals surface area contributed by atoms with Gasteiger partial charge < -0.3 is 22.8 Å². The Kier molecular flexibility index (Phi) is 7.96. The van der Waals surface area contributed by atoms with Crippen molar-refractivity contribution in [3.63, 3.8) is 0 Å². The van der Waals surface area contributed by atoms with Gasteiger partial charge in [0.25, 0.3) is 0 Å². The number of aliphatic hydroxyl groups is 1. The number of Topliss-reactive ketones (excluding diaryl/α,β-unsaturated/α-hetero) is 1. The van der Waals surface area contributed by atoms with Crippen LogP contribution in [0.2, 0.25) is 0 Å². The number of hydrogen-bond donors (Lipinski definition) is 2. The summed E-state index contributed by atoms with van der Waals surface area (Å²) >= 11 is 0. The Hall–Kier alpha value is -1.68. The Morgan fingerprint density at radius 3 is 1.96 bits per heavy atom. The molecule has 0 aliphatic heterocycles. The lowest BCUT2D eigenvalue weighted by Gasteiger charge is -2.20. The predicted molar refractivity (Wildman–Crippen MR) is 87.5 cm³/mol. The zero-order valence-corrected chi connectivity index (χ0v) is 14.3. The maximum atomic E-state index is 11.9. The van der Waals surface area contributed by atoms with Crippen LogP contribution in [-0.4, -0.2) is 23.5 Å². The van der Waals surface area contributed by atoms with Crippen LogP contribution in [0.1, 0.15) is 37.0 Å². The highest BCUT2D eigenvalue weighted by molar-refractivity contribution is 5.83. The number of nitrogens with two attached hydrogens (primary N) is 1. The average Bonchev–Trinajstić information content (AvgIpc) is 2.55. The summed E-state index contributed by atoms with van der Waals surface area (Å²) in [6.07, 6.45) is -0.537. The number of quaternary nitrogens is 1. The standard InChI is InChI=1S/C19H23NO2.ClH/c1-14(19(22)17-11-7-4-8-12-17)20-13-18(15(2)21)16-9-5-3-6-10-16;/h3-12,14,18-20,22H,13H2,1-2H3;1H. The third-order valence-corrected chi connectivity index (χ3v) is 4.08. The molecule has 2 rings (SSSR count). The molecular weight excluding hydrogens is 310 g/mol. The van der Waals surface area contributed by atoms with E-state index in [9.17, 15) is 9.90 Å². The van der Waals surface area contributed by atoms with E-state index < -0.39 is 6.10 Å². The summed E-state index contributed by atoms with van der Waals surface area (Å²) in [6.45, 7) is 4.26. The second-order valence-corrected chi connectivity index (χ2v) is 5.76. The van der Waals surface area contributed by atoms with Crippen LogP contribution in [0.25, 0.3) is 0 Å². The molecule has 3 N–H and O–H groups in total. The first-order chi connectivity index (χ1) is 10.6. The quantitative estimate of drug-likeness (QED) is 0.686. The van der Waals surface area contributed by atoms with Crippen LogP contribution >= 0.6 is 0 Å². The number of rotatable bonds is 7. The van der Waals surface area contributed by atoms with E-state index in [-0.39, 0.29) is 30.2 Å². The summed E-state index contributed by atoms with van der Waals surface area (Å²) < 4.78 is 0. The maximum Gasteiger partial charge on any atom is 0.142 e. The summed E-state index contributed by atoms with van der Waals surface area (Å²) in [7, 11) is 0. The summed E-state index contributed by atoms with van der Waals surface area (Å²) in [6, 6.07) is 19.5.